The molecular formula is C13H18N2O3S. The summed E-state index contributed by atoms with van der Waals surface area (Å²) in [6, 6.07) is 0.839. The second-order valence-electron chi connectivity index (χ2n) is 4.97. The van der Waals surface area contributed by atoms with E-state index in [1.807, 2.05) is 30.7 Å². The molecule has 1 aromatic rings. The van der Waals surface area contributed by atoms with Gasteiger partial charge in [0.25, 0.3) is 0 Å². The minimum Gasteiger partial charge on any atom is -0.480 e. The van der Waals surface area contributed by atoms with Crippen LogP contribution in [0.4, 0.5) is 4.79 Å². The van der Waals surface area contributed by atoms with Crippen LogP contribution in [0.25, 0.3) is 0 Å². The predicted octanol–water partition coefficient (Wildman–Crippen LogP) is 2.31. The van der Waals surface area contributed by atoms with Gasteiger partial charge in [-0.3, -0.25) is 0 Å². The van der Waals surface area contributed by atoms with E-state index in [1.54, 1.807) is 11.3 Å². The largest absolute Gasteiger partial charge is 0.480 e. The molecule has 1 fully saturated rings. The third-order valence-electron chi connectivity index (χ3n) is 3.60. The lowest BCUT2D eigenvalue weighted by molar-refractivity contribution is -0.142. The molecule has 5 nitrogen and oxygen atoms in total. The third-order valence-corrected chi connectivity index (χ3v) is 4.30. The summed E-state index contributed by atoms with van der Waals surface area (Å²) in [5.41, 5.74) is 1.04. The van der Waals surface area contributed by atoms with Gasteiger partial charge in [0.05, 0.1) is 6.04 Å². The number of likely N-dealkylation sites (tertiary alicyclic amines) is 1. The Morgan fingerprint density at radius 2 is 2.32 bits per heavy atom. The smallest absolute Gasteiger partial charge is 0.326 e. The summed E-state index contributed by atoms with van der Waals surface area (Å²) < 4.78 is 0. The maximum atomic E-state index is 12.2. The third kappa shape index (κ3) is 2.89. The summed E-state index contributed by atoms with van der Waals surface area (Å²) in [6.07, 6.45) is 0.733. The highest BCUT2D eigenvalue weighted by Gasteiger charge is 2.39. The number of amides is 2. The average Bonchev–Trinajstić information content (AvgIpc) is 2.96. The minimum absolute atomic E-state index is 0.000274. The first-order valence-electron chi connectivity index (χ1n) is 6.32. The van der Waals surface area contributed by atoms with E-state index >= 15 is 0 Å². The summed E-state index contributed by atoms with van der Waals surface area (Å²) in [5.74, 6) is -0.928. The van der Waals surface area contributed by atoms with Crippen LogP contribution in [0.2, 0.25) is 0 Å². The number of nitrogens with zero attached hydrogens (tertiary/aromatic N) is 1. The van der Waals surface area contributed by atoms with Crippen molar-refractivity contribution in [3.8, 4) is 0 Å². The topological polar surface area (TPSA) is 69.6 Å². The first kappa shape index (κ1) is 13.9. The summed E-state index contributed by atoms with van der Waals surface area (Å²) >= 11 is 1.57. The fourth-order valence-corrected chi connectivity index (χ4v) is 3.18. The molecule has 0 aliphatic carbocycles. The van der Waals surface area contributed by atoms with Crippen molar-refractivity contribution in [2.24, 2.45) is 5.92 Å². The van der Waals surface area contributed by atoms with Crippen LogP contribution in [0.1, 0.15) is 31.9 Å². The molecule has 2 heterocycles. The molecule has 3 atom stereocenters. The van der Waals surface area contributed by atoms with Crippen molar-refractivity contribution < 1.29 is 14.7 Å². The Labute approximate surface area is 116 Å². The lowest BCUT2D eigenvalue weighted by atomic mass is 10.0. The number of aliphatic carboxylic acids is 1. The summed E-state index contributed by atoms with van der Waals surface area (Å²) in [5, 5.41) is 16.0. The van der Waals surface area contributed by atoms with Crippen LogP contribution in [0.5, 0.6) is 0 Å². The van der Waals surface area contributed by atoms with Gasteiger partial charge < -0.3 is 15.3 Å². The predicted molar refractivity (Wildman–Crippen MR) is 73.2 cm³/mol. The Morgan fingerprint density at radius 3 is 2.89 bits per heavy atom. The van der Waals surface area contributed by atoms with Crippen molar-refractivity contribution in [3.05, 3.63) is 22.4 Å². The number of urea groups is 1. The number of carboxylic acid groups (broad SMARTS) is 1. The number of carbonyl (C=O) groups excluding carboxylic acids is 1. The van der Waals surface area contributed by atoms with Gasteiger partial charge in [0.2, 0.25) is 0 Å². The van der Waals surface area contributed by atoms with E-state index in [-0.39, 0.29) is 18.0 Å². The van der Waals surface area contributed by atoms with Gasteiger partial charge in [0, 0.05) is 6.54 Å². The van der Waals surface area contributed by atoms with Gasteiger partial charge in [0.15, 0.2) is 0 Å². The normalized spacial score (nSPS) is 24.2. The number of hydrogen-bond acceptors (Lipinski definition) is 3. The van der Waals surface area contributed by atoms with Gasteiger partial charge in [-0.2, -0.15) is 11.3 Å². The molecule has 2 N–H and O–H groups in total. The first-order chi connectivity index (χ1) is 9.00. The number of carboxylic acids is 1. The first-order valence-corrected chi connectivity index (χ1v) is 7.27. The Hall–Kier alpha value is -1.56. The number of carbonyl (C=O) groups is 2. The second-order valence-corrected chi connectivity index (χ2v) is 5.75. The van der Waals surface area contributed by atoms with Crippen LogP contribution in [-0.4, -0.2) is 34.6 Å². The van der Waals surface area contributed by atoms with Gasteiger partial charge >= 0.3 is 12.0 Å². The highest BCUT2D eigenvalue weighted by molar-refractivity contribution is 7.07. The van der Waals surface area contributed by atoms with Crippen molar-refractivity contribution >= 4 is 23.3 Å². The van der Waals surface area contributed by atoms with Crippen molar-refractivity contribution in [2.45, 2.75) is 32.4 Å². The van der Waals surface area contributed by atoms with Gasteiger partial charge in [0.1, 0.15) is 6.04 Å². The van der Waals surface area contributed by atoms with Crippen LogP contribution in [-0.2, 0) is 4.79 Å². The van der Waals surface area contributed by atoms with E-state index in [4.69, 9.17) is 0 Å². The lowest BCUT2D eigenvalue weighted by Gasteiger charge is -2.25. The Bertz CT molecular complexity index is 460. The highest BCUT2D eigenvalue weighted by Crippen LogP contribution is 2.25. The van der Waals surface area contributed by atoms with Crippen molar-refractivity contribution in [3.63, 3.8) is 0 Å². The maximum Gasteiger partial charge on any atom is 0.326 e. The zero-order valence-corrected chi connectivity index (χ0v) is 11.8. The number of nitrogens with one attached hydrogen (secondary N) is 1. The van der Waals surface area contributed by atoms with Crippen molar-refractivity contribution in [2.75, 3.05) is 6.54 Å². The van der Waals surface area contributed by atoms with E-state index in [9.17, 15) is 14.7 Å². The molecule has 1 saturated heterocycles. The molecule has 3 unspecified atom stereocenters. The van der Waals surface area contributed by atoms with Gasteiger partial charge in [-0.25, -0.2) is 9.59 Å². The Morgan fingerprint density at radius 1 is 1.58 bits per heavy atom. The van der Waals surface area contributed by atoms with E-state index < -0.39 is 12.0 Å². The zero-order chi connectivity index (χ0) is 14.0. The van der Waals surface area contributed by atoms with E-state index in [2.05, 4.69) is 5.32 Å². The fraction of sp³-hybridized carbons (Fsp3) is 0.538. The molecule has 0 saturated carbocycles. The maximum absolute atomic E-state index is 12.2. The molecule has 0 bridgehead atoms. The van der Waals surface area contributed by atoms with E-state index in [0.29, 0.717) is 6.54 Å². The monoisotopic (exact) mass is 282 g/mol. The highest BCUT2D eigenvalue weighted by atomic mass is 32.1. The van der Waals surface area contributed by atoms with Crippen LogP contribution < -0.4 is 5.32 Å². The number of thiophene rings is 1. The number of hydrogen-bond donors (Lipinski definition) is 2. The average molecular weight is 282 g/mol. The Balaban J connectivity index is 2.02. The molecule has 1 aromatic heterocycles. The lowest BCUT2D eigenvalue weighted by Crippen LogP contribution is -2.48. The van der Waals surface area contributed by atoms with Gasteiger partial charge in [-0.15, -0.1) is 0 Å². The summed E-state index contributed by atoms with van der Waals surface area (Å²) in [7, 11) is 0. The van der Waals surface area contributed by atoms with E-state index in [1.165, 1.54) is 4.90 Å². The van der Waals surface area contributed by atoms with Crippen LogP contribution in [0.15, 0.2) is 16.8 Å². The molecule has 1 aliphatic heterocycles. The van der Waals surface area contributed by atoms with Crippen molar-refractivity contribution in [1.82, 2.24) is 10.2 Å². The molecule has 6 heteroatoms. The molecule has 1 aliphatic rings. The van der Waals surface area contributed by atoms with Crippen molar-refractivity contribution in [1.29, 1.82) is 0 Å². The van der Waals surface area contributed by atoms with Gasteiger partial charge in [-0.1, -0.05) is 6.92 Å². The second kappa shape index (κ2) is 5.61. The molecule has 2 rings (SSSR count). The molecule has 0 aromatic carbocycles. The zero-order valence-electron chi connectivity index (χ0n) is 11.0. The molecule has 2 amide bonds. The Kier molecular flexibility index (Phi) is 4.09. The molecular weight excluding hydrogens is 264 g/mol. The molecule has 0 radical (unpaired) electrons. The van der Waals surface area contributed by atoms with Crippen LogP contribution >= 0.6 is 11.3 Å². The van der Waals surface area contributed by atoms with Gasteiger partial charge in [-0.05, 0) is 41.7 Å². The molecule has 104 valence electrons. The summed E-state index contributed by atoms with van der Waals surface area (Å²) in [4.78, 5) is 24.8. The van der Waals surface area contributed by atoms with Crippen LogP contribution in [0.3, 0.4) is 0 Å². The fourth-order valence-electron chi connectivity index (χ4n) is 2.42. The minimum atomic E-state index is -0.927. The number of rotatable bonds is 3. The molecule has 0 spiro atoms. The quantitative estimate of drug-likeness (QED) is 0.894. The molecule has 19 heavy (non-hydrogen) atoms. The van der Waals surface area contributed by atoms with Crippen LogP contribution in [0, 0.1) is 5.92 Å². The van der Waals surface area contributed by atoms with E-state index in [0.717, 1.165) is 12.0 Å². The SMILES string of the molecule is CC(NC(=O)N1CCC(C)C1C(=O)O)c1ccsc1. The standard InChI is InChI=1S/C13H18N2O3S/c1-8-3-5-15(11(8)12(16)17)13(18)14-9(2)10-4-6-19-7-10/h4,6-9,11H,3,5H2,1-2H3,(H,14,18)(H,16,17). The summed E-state index contributed by atoms with van der Waals surface area (Å²) in [6.45, 7) is 4.27.